The Bertz CT molecular complexity index is 492. The highest BCUT2D eigenvalue weighted by molar-refractivity contribution is 5.67. The first-order valence-electron chi connectivity index (χ1n) is 4.85. The Hall–Kier alpha value is -1.70. The predicted octanol–water partition coefficient (Wildman–Crippen LogP) is 3.50. The van der Waals surface area contributed by atoms with E-state index in [0.717, 1.165) is 16.7 Å². The molecule has 0 atom stereocenters. The van der Waals surface area contributed by atoms with E-state index in [0.29, 0.717) is 0 Å². The maximum absolute atomic E-state index is 13.0. The Labute approximate surface area is 88.6 Å². The lowest BCUT2D eigenvalue weighted by molar-refractivity contribution is 0.622. The minimum atomic E-state index is -0.298. The first-order chi connectivity index (χ1) is 7.16. The van der Waals surface area contributed by atoms with E-state index < -0.39 is 0 Å². The summed E-state index contributed by atoms with van der Waals surface area (Å²) in [5, 5.41) is 0. The number of hydrogen-bond donors (Lipinski definition) is 0. The molecule has 1 nitrogen and oxygen atoms in total. The molecule has 0 amide bonds. The molecule has 2 aromatic rings. The molecule has 1 aromatic heterocycles. The van der Waals surface area contributed by atoms with E-state index in [9.17, 15) is 4.39 Å². The molecule has 0 N–H and O–H groups in total. The third kappa shape index (κ3) is 2.04. The molecule has 2 heteroatoms. The van der Waals surface area contributed by atoms with Crippen molar-refractivity contribution in [1.82, 2.24) is 4.98 Å². The Morgan fingerprint density at radius 2 is 1.87 bits per heavy atom. The third-order valence-electron chi connectivity index (χ3n) is 2.41. The smallest absolute Gasteiger partial charge is 0.142 e. The van der Waals surface area contributed by atoms with Gasteiger partial charge in [0.15, 0.2) is 0 Å². The van der Waals surface area contributed by atoms with Crippen LogP contribution in [0, 0.1) is 19.7 Å². The van der Waals surface area contributed by atoms with Crippen molar-refractivity contribution in [3.63, 3.8) is 0 Å². The second kappa shape index (κ2) is 3.81. The van der Waals surface area contributed by atoms with Gasteiger partial charge in [0.2, 0.25) is 0 Å². The van der Waals surface area contributed by atoms with E-state index in [2.05, 4.69) is 4.98 Å². The number of aryl methyl sites for hydroxylation is 2. The summed E-state index contributed by atoms with van der Waals surface area (Å²) in [7, 11) is 0. The molecule has 0 unspecified atom stereocenters. The lowest BCUT2D eigenvalue weighted by Gasteiger charge is -2.06. The van der Waals surface area contributed by atoms with Crippen LogP contribution in [0.2, 0.25) is 0 Å². The van der Waals surface area contributed by atoms with Gasteiger partial charge in [0.1, 0.15) is 5.82 Å². The Morgan fingerprint density at radius 1 is 1.07 bits per heavy atom. The van der Waals surface area contributed by atoms with Gasteiger partial charge in [-0.2, -0.15) is 0 Å². The normalized spacial score (nSPS) is 10.3. The SMILES string of the molecule is Cc1ccc(C)c(-c2cncc(F)c2)c1. The van der Waals surface area contributed by atoms with Crippen molar-refractivity contribution in [3.05, 3.63) is 53.6 Å². The second-order valence-electron chi connectivity index (χ2n) is 3.71. The minimum Gasteiger partial charge on any atom is -0.261 e. The fraction of sp³-hybridized carbons (Fsp3) is 0.154. The zero-order valence-corrected chi connectivity index (χ0v) is 8.79. The summed E-state index contributed by atoms with van der Waals surface area (Å²) in [6.07, 6.45) is 2.90. The summed E-state index contributed by atoms with van der Waals surface area (Å²) in [4.78, 5) is 3.86. The molecule has 2 rings (SSSR count). The summed E-state index contributed by atoms with van der Waals surface area (Å²) >= 11 is 0. The van der Waals surface area contributed by atoms with Crippen LogP contribution in [0.4, 0.5) is 4.39 Å². The molecular formula is C13H12FN. The largest absolute Gasteiger partial charge is 0.261 e. The van der Waals surface area contributed by atoms with Crippen LogP contribution >= 0.6 is 0 Å². The van der Waals surface area contributed by atoms with Crippen LogP contribution in [0.25, 0.3) is 11.1 Å². The van der Waals surface area contributed by atoms with Crippen molar-refractivity contribution in [2.75, 3.05) is 0 Å². The quantitative estimate of drug-likeness (QED) is 0.688. The summed E-state index contributed by atoms with van der Waals surface area (Å²) < 4.78 is 13.0. The molecule has 0 saturated heterocycles. The van der Waals surface area contributed by atoms with E-state index in [1.165, 1.54) is 17.8 Å². The highest BCUT2D eigenvalue weighted by Crippen LogP contribution is 2.24. The molecular weight excluding hydrogens is 189 g/mol. The van der Waals surface area contributed by atoms with Crippen molar-refractivity contribution in [2.24, 2.45) is 0 Å². The molecule has 0 aliphatic rings. The van der Waals surface area contributed by atoms with E-state index in [1.807, 2.05) is 32.0 Å². The lowest BCUT2D eigenvalue weighted by atomic mass is 10.00. The Kier molecular flexibility index (Phi) is 2.50. The van der Waals surface area contributed by atoms with Crippen LogP contribution in [0.1, 0.15) is 11.1 Å². The Morgan fingerprint density at radius 3 is 2.60 bits per heavy atom. The molecule has 0 saturated carbocycles. The number of rotatable bonds is 1. The van der Waals surface area contributed by atoms with Gasteiger partial charge in [0.05, 0.1) is 6.20 Å². The maximum Gasteiger partial charge on any atom is 0.142 e. The molecule has 0 aliphatic carbocycles. The van der Waals surface area contributed by atoms with Crippen molar-refractivity contribution in [2.45, 2.75) is 13.8 Å². The fourth-order valence-electron chi connectivity index (χ4n) is 1.61. The number of benzene rings is 1. The molecule has 0 aliphatic heterocycles. The van der Waals surface area contributed by atoms with E-state index >= 15 is 0 Å². The number of aromatic nitrogens is 1. The molecule has 1 aromatic carbocycles. The average Bonchev–Trinajstić information content (AvgIpc) is 2.22. The van der Waals surface area contributed by atoms with E-state index in [-0.39, 0.29) is 5.82 Å². The first kappa shape index (κ1) is 9.84. The van der Waals surface area contributed by atoms with Crippen molar-refractivity contribution in [3.8, 4) is 11.1 Å². The average molecular weight is 201 g/mol. The molecule has 0 bridgehead atoms. The highest BCUT2D eigenvalue weighted by Gasteiger charge is 2.03. The monoisotopic (exact) mass is 201 g/mol. The van der Waals surface area contributed by atoms with Gasteiger partial charge in [0, 0.05) is 11.8 Å². The number of nitrogens with zero attached hydrogens (tertiary/aromatic N) is 1. The maximum atomic E-state index is 13.0. The minimum absolute atomic E-state index is 0.298. The van der Waals surface area contributed by atoms with Crippen molar-refractivity contribution in [1.29, 1.82) is 0 Å². The Balaban J connectivity index is 2.58. The van der Waals surface area contributed by atoms with Crippen LogP contribution in [0.15, 0.2) is 36.7 Å². The second-order valence-corrected chi connectivity index (χ2v) is 3.71. The standard InChI is InChI=1S/C13H12FN/c1-9-3-4-10(2)13(5-9)11-6-12(14)8-15-7-11/h3-8H,1-2H3. The zero-order chi connectivity index (χ0) is 10.8. The van der Waals surface area contributed by atoms with Gasteiger partial charge in [-0.05, 0) is 31.0 Å². The lowest BCUT2D eigenvalue weighted by Crippen LogP contribution is -1.87. The van der Waals surface area contributed by atoms with Crippen LogP contribution in [-0.4, -0.2) is 4.98 Å². The van der Waals surface area contributed by atoms with Gasteiger partial charge in [-0.15, -0.1) is 0 Å². The highest BCUT2D eigenvalue weighted by atomic mass is 19.1. The van der Waals surface area contributed by atoms with Crippen LogP contribution in [0.3, 0.4) is 0 Å². The number of hydrogen-bond acceptors (Lipinski definition) is 1. The van der Waals surface area contributed by atoms with Crippen molar-refractivity contribution < 1.29 is 4.39 Å². The molecule has 76 valence electrons. The number of pyridine rings is 1. The summed E-state index contributed by atoms with van der Waals surface area (Å²) in [5.74, 6) is -0.298. The van der Waals surface area contributed by atoms with Gasteiger partial charge in [-0.25, -0.2) is 4.39 Å². The van der Waals surface area contributed by atoms with Crippen LogP contribution < -0.4 is 0 Å². The van der Waals surface area contributed by atoms with Gasteiger partial charge >= 0.3 is 0 Å². The van der Waals surface area contributed by atoms with E-state index in [1.54, 1.807) is 6.20 Å². The first-order valence-corrected chi connectivity index (χ1v) is 4.85. The summed E-state index contributed by atoms with van der Waals surface area (Å²) in [6.45, 7) is 4.04. The molecule has 0 radical (unpaired) electrons. The summed E-state index contributed by atoms with van der Waals surface area (Å²) in [5.41, 5.74) is 4.17. The third-order valence-corrected chi connectivity index (χ3v) is 2.41. The predicted molar refractivity (Wildman–Crippen MR) is 59.1 cm³/mol. The van der Waals surface area contributed by atoms with Gasteiger partial charge < -0.3 is 0 Å². The van der Waals surface area contributed by atoms with Gasteiger partial charge in [-0.1, -0.05) is 23.8 Å². The molecule has 0 spiro atoms. The fourth-order valence-corrected chi connectivity index (χ4v) is 1.61. The van der Waals surface area contributed by atoms with Crippen LogP contribution in [-0.2, 0) is 0 Å². The van der Waals surface area contributed by atoms with Crippen LogP contribution in [0.5, 0.6) is 0 Å². The topological polar surface area (TPSA) is 12.9 Å². The van der Waals surface area contributed by atoms with Gasteiger partial charge in [0.25, 0.3) is 0 Å². The van der Waals surface area contributed by atoms with Gasteiger partial charge in [-0.3, -0.25) is 4.98 Å². The number of halogens is 1. The zero-order valence-electron chi connectivity index (χ0n) is 8.79. The molecule has 1 heterocycles. The van der Waals surface area contributed by atoms with E-state index in [4.69, 9.17) is 0 Å². The summed E-state index contributed by atoms with van der Waals surface area (Å²) in [6, 6.07) is 7.64. The molecule has 15 heavy (non-hydrogen) atoms. The van der Waals surface area contributed by atoms with Crippen molar-refractivity contribution >= 4 is 0 Å². The molecule has 0 fully saturated rings.